The summed E-state index contributed by atoms with van der Waals surface area (Å²) in [4.78, 5) is 17.1. The molecule has 1 heterocycles. The number of benzene rings is 1. The third kappa shape index (κ3) is 5.06. The van der Waals surface area contributed by atoms with E-state index in [1.165, 1.54) is 7.11 Å². The first-order chi connectivity index (χ1) is 10.5. The van der Waals surface area contributed by atoms with Crippen molar-refractivity contribution in [3.05, 3.63) is 35.9 Å². The zero-order valence-electron chi connectivity index (χ0n) is 13.2. The van der Waals surface area contributed by atoms with E-state index in [1.807, 2.05) is 44.2 Å². The second-order valence-electron chi connectivity index (χ2n) is 5.65. The first kappa shape index (κ1) is 16.9. The quantitative estimate of drug-likeness (QED) is 0.612. The first-order valence-corrected chi connectivity index (χ1v) is 7.30. The van der Waals surface area contributed by atoms with Gasteiger partial charge in [-0.25, -0.2) is 0 Å². The molecule has 1 aromatic rings. The van der Waals surface area contributed by atoms with Gasteiger partial charge >= 0.3 is 5.97 Å². The number of esters is 1. The molecular formula is C16H23NO5. The maximum Gasteiger partial charge on any atom is 0.307 e. The lowest BCUT2D eigenvalue weighted by molar-refractivity contribution is -0.155. The molecular weight excluding hydrogens is 286 g/mol. The Bertz CT molecular complexity index is 477. The summed E-state index contributed by atoms with van der Waals surface area (Å²) in [6, 6.07) is 9.44. The summed E-state index contributed by atoms with van der Waals surface area (Å²) in [5, 5.41) is 0. The summed E-state index contributed by atoms with van der Waals surface area (Å²) in [5.74, 6) is -0.978. The molecule has 122 valence electrons. The van der Waals surface area contributed by atoms with Gasteiger partial charge in [0.2, 0.25) is 0 Å². The van der Waals surface area contributed by atoms with Crippen LogP contribution in [0.4, 0.5) is 0 Å². The highest BCUT2D eigenvalue weighted by molar-refractivity contribution is 5.70. The molecule has 0 aliphatic carbocycles. The van der Waals surface area contributed by atoms with Crippen molar-refractivity contribution in [3.8, 4) is 0 Å². The smallest absolute Gasteiger partial charge is 0.307 e. The minimum Gasteiger partial charge on any atom is -0.469 e. The summed E-state index contributed by atoms with van der Waals surface area (Å²) in [6.45, 7) is 4.48. The van der Waals surface area contributed by atoms with Gasteiger partial charge in [-0.1, -0.05) is 30.3 Å². The molecule has 1 aliphatic heterocycles. The second-order valence-corrected chi connectivity index (χ2v) is 5.65. The minimum atomic E-state index is -0.653. The van der Waals surface area contributed by atoms with Crippen molar-refractivity contribution in [2.75, 3.05) is 13.7 Å². The van der Waals surface area contributed by atoms with Crippen LogP contribution in [0.3, 0.4) is 0 Å². The Hall–Kier alpha value is -1.47. The van der Waals surface area contributed by atoms with Crippen molar-refractivity contribution in [1.29, 1.82) is 0 Å². The number of ether oxygens (including phenoxy) is 3. The normalized spacial score (nSPS) is 21.5. The third-order valence-corrected chi connectivity index (χ3v) is 3.41. The fraction of sp³-hybridized carbons (Fsp3) is 0.562. The van der Waals surface area contributed by atoms with Gasteiger partial charge in [-0.15, -0.1) is 0 Å². The molecule has 0 amide bonds. The fourth-order valence-corrected chi connectivity index (χ4v) is 2.23. The van der Waals surface area contributed by atoms with Gasteiger partial charge in [0.15, 0.2) is 5.79 Å². The van der Waals surface area contributed by atoms with Crippen LogP contribution in [0.2, 0.25) is 0 Å². The number of hydrogen-bond donors (Lipinski definition) is 1. The van der Waals surface area contributed by atoms with Gasteiger partial charge < -0.3 is 14.2 Å². The molecule has 0 bridgehead atoms. The number of carbonyl (C=O) groups is 1. The lowest BCUT2D eigenvalue weighted by Crippen LogP contribution is -2.43. The Balaban J connectivity index is 1.88. The molecule has 1 aliphatic rings. The number of rotatable bonds is 7. The molecule has 0 spiro atoms. The van der Waals surface area contributed by atoms with Crippen LogP contribution in [0.25, 0.3) is 0 Å². The van der Waals surface area contributed by atoms with Gasteiger partial charge in [0, 0.05) is 0 Å². The van der Waals surface area contributed by atoms with Gasteiger partial charge in [-0.2, -0.15) is 5.48 Å². The van der Waals surface area contributed by atoms with E-state index in [-0.39, 0.29) is 24.5 Å². The Morgan fingerprint density at radius 2 is 2.14 bits per heavy atom. The highest BCUT2D eigenvalue weighted by Gasteiger charge is 2.38. The Labute approximate surface area is 130 Å². The summed E-state index contributed by atoms with van der Waals surface area (Å²) in [7, 11) is 1.36. The van der Waals surface area contributed by atoms with Crippen LogP contribution in [0.1, 0.15) is 25.8 Å². The predicted molar refractivity (Wildman–Crippen MR) is 79.7 cm³/mol. The molecule has 1 fully saturated rings. The van der Waals surface area contributed by atoms with E-state index in [4.69, 9.17) is 19.0 Å². The molecule has 22 heavy (non-hydrogen) atoms. The van der Waals surface area contributed by atoms with Crippen molar-refractivity contribution in [3.63, 3.8) is 0 Å². The number of carbonyl (C=O) groups excluding carboxylic acids is 1. The Morgan fingerprint density at radius 3 is 2.73 bits per heavy atom. The number of hydroxylamine groups is 1. The van der Waals surface area contributed by atoms with Crippen LogP contribution >= 0.6 is 0 Å². The molecule has 1 saturated heterocycles. The minimum absolute atomic E-state index is 0.148. The summed E-state index contributed by atoms with van der Waals surface area (Å²) >= 11 is 0. The fourth-order valence-electron chi connectivity index (χ4n) is 2.23. The van der Waals surface area contributed by atoms with Gasteiger partial charge in [0.05, 0.1) is 32.8 Å². The predicted octanol–water partition coefficient (Wildman–Crippen LogP) is 1.79. The number of methoxy groups -OCH3 is 1. The van der Waals surface area contributed by atoms with Gasteiger partial charge in [0.1, 0.15) is 6.10 Å². The van der Waals surface area contributed by atoms with Crippen LogP contribution in [0, 0.1) is 0 Å². The van der Waals surface area contributed by atoms with Crippen molar-refractivity contribution >= 4 is 5.97 Å². The summed E-state index contributed by atoms with van der Waals surface area (Å²) in [5.41, 5.74) is 3.95. The maximum absolute atomic E-state index is 11.6. The molecule has 1 aromatic carbocycles. The lowest BCUT2D eigenvalue weighted by Gasteiger charge is -2.24. The highest BCUT2D eigenvalue weighted by atomic mass is 16.7. The third-order valence-electron chi connectivity index (χ3n) is 3.41. The summed E-state index contributed by atoms with van der Waals surface area (Å²) in [6.07, 6.45) is -0.125. The lowest BCUT2D eigenvalue weighted by atomic mass is 10.1. The van der Waals surface area contributed by atoms with E-state index in [1.54, 1.807) is 0 Å². The molecule has 2 rings (SSSR count). The average molecular weight is 309 g/mol. The average Bonchev–Trinajstić information content (AvgIpc) is 2.87. The molecule has 0 unspecified atom stereocenters. The van der Waals surface area contributed by atoms with E-state index in [2.05, 4.69) is 5.48 Å². The topological polar surface area (TPSA) is 66.0 Å². The van der Waals surface area contributed by atoms with Crippen molar-refractivity contribution in [2.45, 2.75) is 44.8 Å². The largest absolute Gasteiger partial charge is 0.469 e. The molecule has 0 saturated carbocycles. The second kappa shape index (κ2) is 7.69. The van der Waals surface area contributed by atoms with Crippen LogP contribution in [-0.2, 0) is 30.4 Å². The molecule has 6 heteroatoms. The Morgan fingerprint density at radius 1 is 1.41 bits per heavy atom. The highest BCUT2D eigenvalue weighted by Crippen LogP contribution is 2.25. The number of nitrogens with one attached hydrogen (secondary N) is 1. The van der Waals surface area contributed by atoms with E-state index < -0.39 is 5.79 Å². The molecule has 6 nitrogen and oxygen atoms in total. The zero-order valence-corrected chi connectivity index (χ0v) is 13.2. The van der Waals surface area contributed by atoms with Crippen LogP contribution < -0.4 is 5.48 Å². The monoisotopic (exact) mass is 309 g/mol. The standard InChI is InChI=1S/C16H23NO5/c1-16(2)20-11-14(22-16)13(9-15(18)19-3)17-21-10-12-7-5-4-6-8-12/h4-8,13-14,17H,9-11H2,1-3H3/t13-,14-/m1/s1. The van der Waals surface area contributed by atoms with Gasteiger partial charge in [0.25, 0.3) is 0 Å². The van der Waals surface area contributed by atoms with Gasteiger partial charge in [-0.3, -0.25) is 9.63 Å². The SMILES string of the molecule is COC(=O)C[C@@H](NOCc1ccccc1)[C@H]1COC(C)(C)O1. The Kier molecular flexibility index (Phi) is 5.90. The van der Waals surface area contributed by atoms with Crippen LogP contribution in [0.15, 0.2) is 30.3 Å². The van der Waals surface area contributed by atoms with Gasteiger partial charge in [-0.05, 0) is 19.4 Å². The van der Waals surface area contributed by atoms with Crippen LogP contribution in [0.5, 0.6) is 0 Å². The van der Waals surface area contributed by atoms with E-state index in [9.17, 15) is 4.79 Å². The molecule has 1 N–H and O–H groups in total. The van der Waals surface area contributed by atoms with E-state index in [0.717, 1.165) is 5.56 Å². The number of hydrogen-bond acceptors (Lipinski definition) is 6. The van der Waals surface area contributed by atoms with Crippen molar-refractivity contribution in [2.24, 2.45) is 0 Å². The molecule has 0 aromatic heterocycles. The van der Waals surface area contributed by atoms with Crippen LogP contribution in [-0.4, -0.2) is 37.6 Å². The van der Waals surface area contributed by atoms with E-state index in [0.29, 0.717) is 13.2 Å². The van der Waals surface area contributed by atoms with Crippen molar-refractivity contribution in [1.82, 2.24) is 5.48 Å². The molecule has 2 atom stereocenters. The first-order valence-electron chi connectivity index (χ1n) is 7.30. The maximum atomic E-state index is 11.6. The zero-order chi connectivity index (χ0) is 16.0. The summed E-state index contributed by atoms with van der Waals surface area (Å²) < 4.78 is 16.1. The van der Waals surface area contributed by atoms with E-state index >= 15 is 0 Å². The molecule has 0 radical (unpaired) electrons. The van der Waals surface area contributed by atoms with Crippen molar-refractivity contribution < 1.29 is 23.8 Å².